The Kier molecular flexibility index (Phi) is 6.77. The molecular formula is C18H26N2O5S. The molecule has 7 nitrogen and oxygen atoms in total. The largest absolute Gasteiger partial charge is 0.480 e. The average molecular weight is 382 g/mol. The lowest BCUT2D eigenvalue weighted by Gasteiger charge is -2.25. The molecule has 0 saturated carbocycles. The van der Waals surface area contributed by atoms with Crippen LogP contribution in [0.3, 0.4) is 0 Å². The first-order valence-electron chi connectivity index (χ1n) is 8.83. The van der Waals surface area contributed by atoms with E-state index in [1.54, 1.807) is 26.0 Å². The van der Waals surface area contributed by atoms with Crippen molar-refractivity contribution in [3.8, 4) is 0 Å². The number of carboxylic acid groups (broad SMARTS) is 1. The predicted molar refractivity (Wildman–Crippen MR) is 97.2 cm³/mol. The summed E-state index contributed by atoms with van der Waals surface area (Å²) in [5.41, 5.74) is 0.632. The van der Waals surface area contributed by atoms with E-state index in [1.807, 2.05) is 0 Å². The van der Waals surface area contributed by atoms with E-state index in [4.69, 9.17) is 5.11 Å². The number of carbonyl (C=O) groups is 2. The van der Waals surface area contributed by atoms with Crippen molar-refractivity contribution in [2.75, 3.05) is 13.1 Å². The maximum Gasteiger partial charge on any atom is 0.326 e. The Morgan fingerprint density at radius 3 is 2.19 bits per heavy atom. The minimum absolute atomic E-state index is 0.000538. The maximum absolute atomic E-state index is 12.6. The van der Waals surface area contributed by atoms with Crippen molar-refractivity contribution in [2.24, 2.45) is 5.92 Å². The standard InChI is InChI=1S/C18H26N2O5S/c1-13(2)17(18(22)23)19-16(21)12-14-6-8-15(9-7-14)26(24,25)20-10-4-3-5-11-20/h6-9,13,17H,3-5,10-12H2,1-2H3,(H,19,21)(H,22,23)/t17-/m0/s1. The summed E-state index contributed by atoms with van der Waals surface area (Å²) in [5, 5.41) is 11.6. The zero-order valence-corrected chi connectivity index (χ0v) is 16.0. The van der Waals surface area contributed by atoms with Gasteiger partial charge in [0.1, 0.15) is 6.04 Å². The van der Waals surface area contributed by atoms with Crippen LogP contribution in [-0.4, -0.2) is 48.8 Å². The number of carboxylic acids is 1. The molecule has 1 aromatic carbocycles. The lowest BCUT2D eigenvalue weighted by molar-refractivity contribution is -0.143. The summed E-state index contributed by atoms with van der Waals surface area (Å²) in [6.07, 6.45) is 2.80. The number of nitrogens with one attached hydrogen (secondary N) is 1. The van der Waals surface area contributed by atoms with Gasteiger partial charge in [-0.25, -0.2) is 13.2 Å². The van der Waals surface area contributed by atoms with Gasteiger partial charge in [0.2, 0.25) is 15.9 Å². The second kappa shape index (κ2) is 8.64. The Morgan fingerprint density at radius 2 is 1.69 bits per heavy atom. The lowest BCUT2D eigenvalue weighted by Crippen LogP contribution is -2.44. The van der Waals surface area contributed by atoms with Crippen LogP contribution in [-0.2, 0) is 26.0 Å². The van der Waals surface area contributed by atoms with Gasteiger partial charge in [-0.3, -0.25) is 4.79 Å². The molecule has 1 saturated heterocycles. The van der Waals surface area contributed by atoms with Gasteiger partial charge >= 0.3 is 5.97 Å². The molecule has 0 radical (unpaired) electrons. The number of aliphatic carboxylic acids is 1. The average Bonchev–Trinajstić information content (AvgIpc) is 2.60. The predicted octanol–water partition coefficient (Wildman–Crippen LogP) is 1.63. The molecule has 1 fully saturated rings. The van der Waals surface area contributed by atoms with E-state index in [1.165, 1.54) is 16.4 Å². The van der Waals surface area contributed by atoms with Crippen LogP contribution < -0.4 is 5.32 Å². The van der Waals surface area contributed by atoms with E-state index in [-0.39, 0.29) is 17.2 Å². The highest BCUT2D eigenvalue weighted by Gasteiger charge is 2.26. The number of rotatable bonds is 7. The molecule has 2 rings (SSSR count). The van der Waals surface area contributed by atoms with Gasteiger partial charge in [-0.1, -0.05) is 32.4 Å². The second-order valence-corrected chi connectivity index (χ2v) is 8.85. The number of nitrogens with zero attached hydrogens (tertiary/aromatic N) is 1. The topological polar surface area (TPSA) is 104 Å². The fraction of sp³-hybridized carbons (Fsp3) is 0.556. The van der Waals surface area contributed by atoms with Crippen molar-refractivity contribution in [3.63, 3.8) is 0 Å². The van der Waals surface area contributed by atoms with E-state index in [9.17, 15) is 18.0 Å². The zero-order valence-electron chi connectivity index (χ0n) is 15.1. The Labute approximate surface area is 154 Å². The number of piperidine rings is 1. The van der Waals surface area contributed by atoms with Crippen molar-refractivity contribution in [2.45, 2.75) is 50.5 Å². The Balaban J connectivity index is 2.03. The van der Waals surface area contributed by atoms with E-state index in [0.29, 0.717) is 18.7 Å². The monoisotopic (exact) mass is 382 g/mol. The molecule has 1 heterocycles. The third-order valence-corrected chi connectivity index (χ3v) is 6.40. The summed E-state index contributed by atoms with van der Waals surface area (Å²) in [6, 6.07) is 5.26. The van der Waals surface area contributed by atoms with E-state index in [2.05, 4.69) is 5.32 Å². The van der Waals surface area contributed by atoms with Crippen LogP contribution in [0.15, 0.2) is 29.2 Å². The van der Waals surface area contributed by atoms with Crippen molar-refractivity contribution in [1.82, 2.24) is 9.62 Å². The van der Waals surface area contributed by atoms with Crippen LogP contribution in [0.25, 0.3) is 0 Å². The summed E-state index contributed by atoms with van der Waals surface area (Å²) in [7, 11) is -3.49. The van der Waals surface area contributed by atoms with Crippen molar-refractivity contribution in [3.05, 3.63) is 29.8 Å². The fourth-order valence-electron chi connectivity index (χ4n) is 2.96. The molecule has 0 aromatic heterocycles. The van der Waals surface area contributed by atoms with Crippen LogP contribution in [0.5, 0.6) is 0 Å². The van der Waals surface area contributed by atoms with E-state index in [0.717, 1.165) is 19.3 Å². The number of benzene rings is 1. The molecule has 0 unspecified atom stereocenters. The molecule has 0 aliphatic carbocycles. The Morgan fingerprint density at radius 1 is 1.12 bits per heavy atom. The smallest absolute Gasteiger partial charge is 0.326 e. The SMILES string of the molecule is CC(C)[C@H](NC(=O)Cc1ccc(S(=O)(=O)N2CCCCC2)cc1)C(=O)O. The van der Waals surface area contributed by atoms with Gasteiger partial charge in [0.15, 0.2) is 0 Å². The first-order valence-corrected chi connectivity index (χ1v) is 10.3. The molecular weight excluding hydrogens is 356 g/mol. The third-order valence-electron chi connectivity index (χ3n) is 4.49. The summed E-state index contributed by atoms with van der Waals surface area (Å²) in [5.74, 6) is -1.71. The van der Waals surface area contributed by atoms with Gasteiger partial charge < -0.3 is 10.4 Å². The van der Waals surface area contributed by atoms with Gasteiger partial charge in [0, 0.05) is 13.1 Å². The molecule has 8 heteroatoms. The first-order chi connectivity index (χ1) is 12.2. The minimum Gasteiger partial charge on any atom is -0.480 e. The van der Waals surface area contributed by atoms with Gasteiger partial charge in [0.25, 0.3) is 0 Å². The van der Waals surface area contributed by atoms with Crippen LogP contribution in [0.4, 0.5) is 0 Å². The highest BCUT2D eigenvalue weighted by Crippen LogP contribution is 2.21. The summed E-state index contributed by atoms with van der Waals surface area (Å²) in [4.78, 5) is 23.4. The number of hydrogen-bond acceptors (Lipinski definition) is 4. The summed E-state index contributed by atoms with van der Waals surface area (Å²) in [6.45, 7) is 4.52. The molecule has 1 aromatic rings. The number of carbonyl (C=O) groups excluding carboxylic acids is 1. The molecule has 2 N–H and O–H groups in total. The Bertz CT molecular complexity index is 737. The number of amides is 1. The fourth-order valence-corrected chi connectivity index (χ4v) is 4.47. The van der Waals surface area contributed by atoms with Gasteiger partial charge in [-0.05, 0) is 36.5 Å². The molecule has 1 aliphatic heterocycles. The van der Waals surface area contributed by atoms with Gasteiger partial charge in [-0.2, -0.15) is 4.31 Å². The number of sulfonamides is 1. The van der Waals surface area contributed by atoms with Crippen LogP contribution >= 0.6 is 0 Å². The van der Waals surface area contributed by atoms with Crippen molar-refractivity contribution < 1.29 is 23.1 Å². The second-order valence-electron chi connectivity index (χ2n) is 6.91. The molecule has 0 spiro atoms. The van der Waals surface area contributed by atoms with Gasteiger partial charge in [0.05, 0.1) is 11.3 Å². The van der Waals surface area contributed by atoms with Crippen LogP contribution in [0, 0.1) is 5.92 Å². The molecule has 0 bridgehead atoms. The molecule has 1 amide bonds. The highest BCUT2D eigenvalue weighted by molar-refractivity contribution is 7.89. The molecule has 1 aliphatic rings. The van der Waals surface area contributed by atoms with Crippen LogP contribution in [0.2, 0.25) is 0 Å². The molecule has 1 atom stereocenters. The third kappa shape index (κ3) is 5.04. The maximum atomic E-state index is 12.6. The number of hydrogen-bond donors (Lipinski definition) is 2. The zero-order chi connectivity index (χ0) is 19.3. The van der Waals surface area contributed by atoms with Gasteiger partial charge in [-0.15, -0.1) is 0 Å². The summed E-state index contributed by atoms with van der Waals surface area (Å²) < 4.78 is 26.7. The molecule has 144 valence electrons. The van der Waals surface area contributed by atoms with E-state index < -0.39 is 27.9 Å². The quantitative estimate of drug-likeness (QED) is 0.746. The molecule has 26 heavy (non-hydrogen) atoms. The summed E-state index contributed by atoms with van der Waals surface area (Å²) >= 11 is 0. The normalized spacial score (nSPS) is 17.0. The lowest BCUT2D eigenvalue weighted by atomic mass is 10.0. The minimum atomic E-state index is -3.49. The van der Waals surface area contributed by atoms with Crippen molar-refractivity contribution >= 4 is 21.9 Å². The highest BCUT2D eigenvalue weighted by atomic mass is 32.2. The Hall–Kier alpha value is -1.93. The van der Waals surface area contributed by atoms with Crippen molar-refractivity contribution in [1.29, 1.82) is 0 Å². The van der Waals surface area contributed by atoms with E-state index >= 15 is 0 Å². The van der Waals surface area contributed by atoms with Crippen LogP contribution in [0.1, 0.15) is 38.7 Å². The first kappa shape index (κ1) is 20.4.